The van der Waals surface area contributed by atoms with Gasteiger partial charge in [-0.25, -0.2) is 0 Å². The number of likely N-dealkylation sites (N-methyl/N-ethyl adjacent to an activating group) is 7. The number of unbranched alkanes of at least 4 members (excludes halogenated alkanes) is 1. The lowest BCUT2D eigenvalue weighted by atomic mass is 9.95. The van der Waals surface area contributed by atoms with Crippen LogP contribution in [0.3, 0.4) is 0 Å². The highest BCUT2D eigenvalue weighted by molar-refractivity contribution is 14.1. The zero-order chi connectivity index (χ0) is 69.7. The number of rotatable bonds is 14. The summed E-state index contributed by atoms with van der Waals surface area (Å²) in [7, 11) is 9.86. The molecule has 2 aliphatic heterocycles. The van der Waals surface area contributed by atoms with Crippen molar-refractivity contribution in [3.8, 4) is 0 Å². The number of piperidine rings is 1. The van der Waals surface area contributed by atoms with E-state index in [1.165, 1.54) is 75.9 Å². The van der Waals surface area contributed by atoms with Gasteiger partial charge in [0, 0.05) is 78.8 Å². The second kappa shape index (κ2) is 37.0. The first-order valence-electron chi connectivity index (χ1n) is 32.8. The van der Waals surface area contributed by atoms with Crippen LogP contribution in [0.25, 0.3) is 0 Å². The fourth-order valence-corrected chi connectivity index (χ4v) is 12.0. The number of nitrogens with zero attached hydrogens (tertiary/aromatic N) is 8. The molecule has 0 aromatic heterocycles. The van der Waals surface area contributed by atoms with E-state index < -0.39 is 151 Å². The van der Waals surface area contributed by atoms with Crippen molar-refractivity contribution in [1.29, 1.82) is 0 Å². The first-order valence-corrected chi connectivity index (χ1v) is 33.9. The number of hydrogen-bond donors (Lipinski definition) is 4. The van der Waals surface area contributed by atoms with Crippen LogP contribution in [0.15, 0.2) is 48.5 Å². The molecule has 516 valence electrons. The third kappa shape index (κ3) is 23.1. The maximum atomic E-state index is 15.0. The van der Waals surface area contributed by atoms with E-state index in [0.29, 0.717) is 56.3 Å². The fourth-order valence-electron chi connectivity index (χ4n) is 11.4. The Hall–Kier alpha value is -7.19. The topological polar surface area (TPSA) is 279 Å². The molecule has 0 radical (unpaired) electrons. The number of aryl methyl sites for hydroxylation is 1. The lowest BCUT2D eigenvalue weighted by molar-refractivity contribution is -0.151. The Kier molecular flexibility index (Phi) is 31.2. The van der Waals surface area contributed by atoms with E-state index >= 15 is 4.79 Å². The standard InChI is InChI=1S/C68H105IN12O12/c1-17-19-26-50-64(89)77(13)46(9)61(86)72-52(33-42(3)4)65(90)80(16)55(67(92)81-31-21-20-22-32-81)38-57(83)78(14)53(34-43(5)6)63(88)73-60(45(8)18-2)68(93)76(12)40-58(84)74(10)41-59(85)79(15)54(37-47-29-27-44(7)28-30-47)66(91)75(11)39-56(82)70-51(62(87)71-50)36-48-24-23-25-49(69)35-48/h23-25,27-30,35,42-43,45-46,50-55,60H,17-22,26,31-34,36-41H2,1-16H3,(H,70,82)(H,71,87)(H,72,86)(H,73,88)/t45-,46-,50-,51-,52-,53-,54-,55-,60-/m0/s1. The average Bonchev–Trinajstić information content (AvgIpc) is 1.51. The molecular formula is C68H105IN12O12. The van der Waals surface area contributed by atoms with Gasteiger partial charge in [-0.3, -0.25) is 57.5 Å². The van der Waals surface area contributed by atoms with Crippen molar-refractivity contribution in [2.24, 2.45) is 17.8 Å². The Bertz CT molecular complexity index is 2940. The van der Waals surface area contributed by atoms with Crippen molar-refractivity contribution < 1.29 is 57.5 Å². The van der Waals surface area contributed by atoms with E-state index in [0.717, 1.165) is 30.3 Å². The molecule has 2 aliphatic rings. The largest absolute Gasteiger partial charge is 0.343 e. The quantitative estimate of drug-likeness (QED) is 0.197. The molecule has 25 heteroatoms. The highest BCUT2D eigenvalue weighted by atomic mass is 127. The minimum absolute atomic E-state index is 0.0133. The Balaban J connectivity index is 1.86. The smallest absolute Gasteiger partial charge is 0.245 e. The lowest BCUT2D eigenvalue weighted by Crippen LogP contribution is -2.60. The number of likely N-dealkylation sites (tertiary alicyclic amines) is 1. The van der Waals surface area contributed by atoms with Crippen LogP contribution in [0.4, 0.5) is 0 Å². The van der Waals surface area contributed by atoms with Gasteiger partial charge in [0.05, 0.1) is 26.1 Å². The Labute approximate surface area is 564 Å². The van der Waals surface area contributed by atoms with Crippen LogP contribution in [0, 0.1) is 28.2 Å². The molecular weight excluding hydrogens is 1300 g/mol. The van der Waals surface area contributed by atoms with Crippen LogP contribution in [-0.4, -0.2) is 240 Å². The van der Waals surface area contributed by atoms with Gasteiger partial charge in [0.15, 0.2) is 0 Å². The van der Waals surface area contributed by atoms with Gasteiger partial charge < -0.3 is 60.5 Å². The van der Waals surface area contributed by atoms with E-state index in [1.807, 2.05) is 84.9 Å². The molecule has 24 nitrogen and oxygen atoms in total. The number of carbonyl (C=O) groups excluding carboxylic acids is 12. The second-order valence-corrected chi connectivity index (χ2v) is 27.6. The number of hydrogen-bond acceptors (Lipinski definition) is 12. The summed E-state index contributed by atoms with van der Waals surface area (Å²) in [5, 5.41) is 11.4. The molecule has 2 heterocycles. The Morgan fingerprint density at radius 3 is 1.73 bits per heavy atom. The van der Waals surface area contributed by atoms with E-state index in [-0.39, 0.29) is 43.9 Å². The maximum absolute atomic E-state index is 15.0. The average molecular weight is 1410 g/mol. The molecule has 0 bridgehead atoms. The first kappa shape index (κ1) is 78.3. The first-order chi connectivity index (χ1) is 43.7. The monoisotopic (exact) mass is 1410 g/mol. The van der Waals surface area contributed by atoms with Crippen LogP contribution in [-0.2, 0) is 70.4 Å². The van der Waals surface area contributed by atoms with Gasteiger partial charge in [-0.2, -0.15) is 0 Å². The summed E-state index contributed by atoms with van der Waals surface area (Å²) in [6, 6.07) is 4.75. The summed E-state index contributed by atoms with van der Waals surface area (Å²) < 4.78 is 0.854. The SMILES string of the molecule is CCCC[C@@H]1NC(=O)[C@H](Cc2cccc(I)c2)NC(=O)CN(C)C(=O)[C@H](Cc2ccc(C)cc2)N(C)C(=O)CN(C)C(=O)CN(C)C(=O)[C@H]([C@@H](C)CC)NC(=O)[C@H](CC(C)C)N(C)C(=O)C[C@@H](C(=O)N2CCCCC2)N(C)C(=O)[C@H](CC(C)C)NC(=O)[C@H](C)N(C)C1=O. The summed E-state index contributed by atoms with van der Waals surface area (Å²) in [6.07, 6.45) is 3.65. The zero-order valence-corrected chi connectivity index (χ0v) is 60.0. The summed E-state index contributed by atoms with van der Waals surface area (Å²) in [6.45, 7) is 15.5. The molecule has 12 amide bonds. The number of benzene rings is 2. The molecule has 9 atom stereocenters. The molecule has 2 fully saturated rings. The molecule has 4 N–H and O–H groups in total. The van der Waals surface area contributed by atoms with Gasteiger partial charge in [0.25, 0.3) is 0 Å². The summed E-state index contributed by atoms with van der Waals surface area (Å²) >= 11 is 2.13. The molecule has 2 saturated heterocycles. The molecule has 0 spiro atoms. The van der Waals surface area contributed by atoms with E-state index in [4.69, 9.17) is 0 Å². The molecule has 0 unspecified atom stereocenters. The van der Waals surface area contributed by atoms with Gasteiger partial charge in [0.1, 0.15) is 48.3 Å². The molecule has 2 aromatic rings. The van der Waals surface area contributed by atoms with Crippen LogP contribution in [0.1, 0.15) is 136 Å². The second-order valence-electron chi connectivity index (χ2n) is 26.4. The van der Waals surface area contributed by atoms with Crippen molar-refractivity contribution in [1.82, 2.24) is 60.5 Å². The third-order valence-corrected chi connectivity index (χ3v) is 18.5. The zero-order valence-electron chi connectivity index (χ0n) is 57.8. The molecule has 4 rings (SSSR count). The molecule has 0 aliphatic carbocycles. The normalized spacial score (nSPS) is 24.3. The van der Waals surface area contributed by atoms with Gasteiger partial charge in [-0.05, 0) is 116 Å². The Morgan fingerprint density at radius 1 is 0.559 bits per heavy atom. The maximum Gasteiger partial charge on any atom is 0.245 e. The minimum Gasteiger partial charge on any atom is -0.343 e. The molecule has 0 saturated carbocycles. The summed E-state index contributed by atoms with van der Waals surface area (Å²) in [5.41, 5.74) is 2.33. The minimum atomic E-state index is -1.38. The number of carbonyl (C=O) groups is 12. The summed E-state index contributed by atoms with van der Waals surface area (Å²) in [5.74, 6) is -8.63. The van der Waals surface area contributed by atoms with Crippen molar-refractivity contribution in [2.75, 3.05) is 82.1 Å². The van der Waals surface area contributed by atoms with Crippen LogP contribution in [0.5, 0.6) is 0 Å². The number of nitrogens with one attached hydrogen (secondary N) is 4. The predicted molar refractivity (Wildman–Crippen MR) is 363 cm³/mol. The predicted octanol–water partition coefficient (Wildman–Crippen LogP) is 3.77. The van der Waals surface area contributed by atoms with Crippen LogP contribution in [0.2, 0.25) is 0 Å². The van der Waals surface area contributed by atoms with Gasteiger partial charge in [-0.1, -0.05) is 110 Å². The highest BCUT2D eigenvalue weighted by Crippen LogP contribution is 2.23. The molecule has 2 aromatic carbocycles. The third-order valence-electron chi connectivity index (χ3n) is 17.8. The van der Waals surface area contributed by atoms with Gasteiger partial charge in [-0.15, -0.1) is 0 Å². The van der Waals surface area contributed by atoms with Crippen molar-refractivity contribution in [3.05, 3.63) is 68.8 Å². The number of amides is 12. The lowest BCUT2D eigenvalue weighted by Gasteiger charge is -2.38. The van der Waals surface area contributed by atoms with Crippen molar-refractivity contribution in [2.45, 2.75) is 188 Å². The van der Waals surface area contributed by atoms with Gasteiger partial charge >= 0.3 is 0 Å². The van der Waals surface area contributed by atoms with Crippen LogP contribution < -0.4 is 21.3 Å². The van der Waals surface area contributed by atoms with Crippen LogP contribution >= 0.6 is 22.6 Å². The van der Waals surface area contributed by atoms with Crippen molar-refractivity contribution in [3.63, 3.8) is 0 Å². The fraction of sp³-hybridized carbons (Fsp3) is 0.647. The highest BCUT2D eigenvalue weighted by Gasteiger charge is 2.42. The van der Waals surface area contributed by atoms with E-state index in [2.05, 4.69) is 43.9 Å². The van der Waals surface area contributed by atoms with Crippen molar-refractivity contribution >= 4 is 93.5 Å². The van der Waals surface area contributed by atoms with E-state index in [1.54, 1.807) is 24.0 Å². The Morgan fingerprint density at radius 2 is 1.14 bits per heavy atom. The number of halogens is 1. The summed E-state index contributed by atoms with van der Waals surface area (Å²) in [4.78, 5) is 185. The van der Waals surface area contributed by atoms with E-state index in [9.17, 15) is 52.7 Å². The molecule has 93 heavy (non-hydrogen) atoms. The van der Waals surface area contributed by atoms with Gasteiger partial charge in [0.2, 0.25) is 70.9 Å².